The summed E-state index contributed by atoms with van der Waals surface area (Å²) in [6.07, 6.45) is 0.513. The van der Waals surface area contributed by atoms with Crippen molar-refractivity contribution in [2.24, 2.45) is 0 Å². The van der Waals surface area contributed by atoms with Gasteiger partial charge in [-0.05, 0) is 29.1 Å². The van der Waals surface area contributed by atoms with Crippen LogP contribution in [0, 0.1) is 5.82 Å². The lowest BCUT2D eigenvalue weighted by molar-refractivity contribution is 0.386. The molecule has 0 bridgehead atoms. The van der Waals surface area contributed by atoms with Crippen molar-refractivity contribution in [2.45, 2.75) is 6.42 Å². The number of halogens is 1. The Labute approximate surface area is 107 Å². The van der Waals surface area contributed by atoms with Gasteiger partial charge >= 0.3 is 0 Å². The molecule has 0 radical (unpaired) electrons. The second-order valence-corrected chi connectivity index (χ2v) is 4.74. The SMILES string of the molecule is Fc1ccc(Cc2nc(-c3cccs3)no2)cc1. The molecule has 0 aliphatic rings. The molecule has 0 N–H and O–H groups in total. The molecule has 0 spiro atoms. The number of nitrogens with zero attached hydrogens (tertiary/aromatic N) is 2. The zero-order valence-corrected chi connectivity index (χ0v) is 10.2. The first kappa shape index (κ1) is 11.1. The highest BCUT2D eigenvalue weighted by atomic mass is 32.1. The van der Waals surface area contributed by atoms with Gasteiger partial charge in [0.2, 0.25) is 11.7 Å². The van der Waals surface area contributed by atoms with Crippen molar-refractivity contribution in [2.75, 3.05) is 0 Å². The van der Waals surface area contributed by atoms with E-state index in [2.05, 4.69) is 10.1 Å². The van der Waals surface area contributed by atoms with Gasteiger partial charge in [0.1, 0.15) is 5.82 Å². The molecule has 0 saturated carbocycles. The Morgan fingerprint density at radius 1 is 1.17 bits per heavy atom. The minimum atomic E-state index is -0.247. The van der Waals surface area contributed by atoms with Crippen LogP contribution >= 0.6 is 11.3 Å². The van der Waals surface area contributed by atoms with E-state index in [0.29, 0.717) is 18.1 Å². The molecule has 3 rings (SSSR count). The normalized spacial score (nSPS) is 10.7. The van der Waals surface area contributed by atoms with Crippen molar-refractivity contribution in [3.63, 3.8) is 0 Å². The summed E-state index contributed by atoms with van der Waals surface area (Å²) >= 11 is 1.56. The molecule has 0 aliphatic heterocycles. The van der Waals surface area contributed by atoms with Crippen LogP contribution in [0.3, 0.4) is 0 Å². The minimum absolute atomic E-state index is 0.247. The fourth-order valence-electron chi connectivity index (χ4n) is 1.61. The molecule has 5 heteroatoms. The summed E-state index contributed by atoms with van der Waals surface area (Å²) in [5.41, 5.74) is 0.942. The number of rotatable bonds is 3. The van der Waals surface area contributed by atoms with Crippen LogP contribution in [0.4, 0.5) is 4.39 Å². The van der Waals surface area contributed by atoms with Gasteiger partial charge in [0.25, 0.3) is 0 Å². The molecule has 0 aliphatic carbocycles. The molecule has 2 heterocycles. The third-order valence-corrected chi connectivity index (χ3v) is 3.34. The summed E-state index contributed by atoms with van der Waals surface area (Å²) in [5.74, 6) is 0.885. The lowest BCUT2D eigenvalue weighted by atomic mass is 10.1. The number of thiophene rings is 1. The van der Waals surface area contributed by atoms with Crippen molar-refractivity contribution in [3.05, 3.63) is 59.0 Å². The summed E-state index contributed by atoms with van der Waals surface area (Å²) in [7, 11) is 0. The fourth-order valence-corrected chi connectivity index (χ4v) is 2.26. The van der Waals surface area contributed by atoms with E-state index >= 15 is 0 Å². The fraction of sp³-hybridized carbons (Fsp3) is 0.0769. The third kappa shape index (κ3) is 2.31. The average Bonchev–Trinajstić information content (AvgIpc) is 3.02. The van der Waals surface area contributed by atoms with Crippen LogP contribution in [-0.4, -0.2) is 10.1 Å². The van der Waals surface area contributed by atoms with Crippen molar-refractivity contribution in [3.8, 4) is 10.7 Å². The van der Waals surface area contributed by atoms with Crippen molar-refractivity contribution >= 4 is 11.3 Å². The smallest absolute Gasteiger partial charge is 0.231 e. The molecule has 0 atom stereocenters. The molecule has 0 saturated heterocycles. The number of hydrogen-bond acceptors (Lipinski definition) is 4. The maximum atomic E-state index is 12.8. The predicted molar refractivity (Wildman–Crippen MR) is 66.8 cm³/mol. The number of benzene rings is 1. The predicted octanol–water partition coefficient (Wildman–Crippen LogP) is 3.53. The van der Waals surface area contributed by atoms with E-state index in [9.17, 15) is 4.39 Å². The molecule has 0 amide bonds. The zero-order chi connectivity index (χ0) is 12.4. The Kier molecular flexibility index (Phi) is 2.90. The van der Waals surface area contributed by atoms with Crippen LogP contribution in [0.1, 0.15) is 11.5 Å². The molecule has 0 fully saturated rings. The van der Waals surface area contributed by atoms with Crippen molar-refractivity contribution in [1.82, 2.24) is 10.1 Å². The highest BCUT2D eigenvalue weighted by Gasteiger charge is 2.09. The lowest BCUT2D eigenvalue weighted by Gasteiger charge is -1.95. The van der Waals surface area contributed by atoms with Gasteiger partial charge in [-0.1, -0.05) is 23.4 Å². The van der Waals surface area contributed by atoms with Gasteiger partial charge in [-0.2, -0.15) is 4.98 Å². The Balaban J connectivity index is 1.80. The van der Waals surface area contributed by atoms with E-state index in [-0.39, 0.29) is 5.82 Å². The van der Waals surface area contributed by atoms with Gasteiger partial charge in [-0.25, -0.2) is 4.39 Å². The van der Waals surface area contributed by atoms with E-state index in [1.165, 1.54) is 12.1 Å². The van der Waals surface area contributed by atoms with Gasteiger partial charge < -0.3 is 4.52 Å². The topological polar surface area (TPSA) is 38.9 Å². The second kappa shape index (κ2) is 4.70. The molecule has 2 aromatic heterocycles. The average molecular weight is 260 g/mol. The largest absolute Gasteiger partial charge is 0.339 e. The van der Waals surface area contributed by atoms with E-state index in [0.717, 1.165) is 10.4 Å². The second-order valence-electron chi connectivity index (χ2n) is 3.79. The van der Waals surface area contributed by atoms with Crippen LogP contribution in [0.15, 0.2) is 46.3 Å². The zero-order valence-electron chi connectivity index (χ0n) is 9.34. The molecular formula is C13H9FN2OS. The standard InChI is InChI=1S/C13H9FN2OS/c14-10-5-3-9(4-6-10)8-12-15-13(16-17-12)11-2-1-7-18-11/h1-7H,8H2. The molecular weight excluding hydrogens is 251 g/mol. The Morgan fingerprint density at radius 2 is 2.00 bits per heavy atom. The molecule has 0 unspecified atom stereocenters. The first-order chi connectivity index (χ1) is 8.81. The first-order valence-electron chi connectivity index (χ1n) is 5.42. The minimum Gasteiger partial charge on any atom is -0.339 e. The van der Waals surface area contributed by atoms with Crippen LogP contribution in [0.2, 0.25) is 0 Å². The Hall–Kier alpha value is -2.01. The Bertz CT molecular complexity index is 631. The maximum absolute atomic E-state index is 12.8. The van der Waals surface area contributed by atoms with Crippen LogP contribution in [0.25, 0.3) is 10.7 Å². The van der Waals surface area contributed by atoms with Crippen molar-refractivity contribution < 1.29 is 8.91 Å². The summed E-state index contributed by atoms with van der Waals surface area (Å²) in [5, 5.41) is 5.89. The summed E-state index contributed by atoms with van der Waals surface area (Å²) in [4.78, 5) is 5.29. The van der Waals surface area contributed by atoms with Crippen molar-refractivity contribution in [1.29, 1.82) is 0 Å². The van der Waals surface area contributed by atoms with Crippen LogP contribution in [0.5, 0.6) is 0 Å². The number of hydrogen-bond donors (Lipinski definition) is 0. The molecule has 90 valence electrons. The van der Waals surface area contributed by atoms with Gasteiger partial charge in [0.15, 0.2) is 0 Å². The summed E-state index contributed by atoms with van der Waals surface area (Å²) in [6.45, 7) is 0. The molecule has 3 nitrogen and oxygen atoms in total. The van der Waals surface area contributed by atoms with E-state index < -0.39 is 0 Å². The number of aromatic nitrogens is 2. The maximum Gasteiger partial charge on any atom is 0.231 e. The van der Waals surface area contributed by atoms with Crippen LogP contribution < -0.4 is 0 Å². The van der Waals surface area contributed by atoms with Gasteiger partial charge in [-0.15, -0.1) is 11.3 Å². The monoisotopic (exact) mass is 260 g/mol. The van der Waals surface area contributed by atoms with Gasteiger partial charge in [0, 0.05) is 0 Å². The van der Waals surface area contributed by atoms with E-state index in [1.54, 1.807) is 23.5 Å². The first-order valence-corrected chi connectivity index (χ1v) is 6.30. The lowest BCUT2D eigenvalue weighted by Crippen LogP contribution is -1.88. The highest BCUT2D eigenvalue weighted by molar-refractivity contribution is 7.13. The van der Waals surface area contributed by atoms with Gasteiger partial charge in [-0.3, -0.25) is 0 Å². The summed E-state index contributed by atoms with van der Waals surface area (Å²) in [6, 6.07) is 10.2. The quantitative estimate of drug-likeness (QED) is 0.723. The van der Waals surface area contributed by atoms with Gasteiger partial charge in [0.05, 0.1) is 11.3 Å². The highest BCUT2D eigenvalue weighted by Crippen LogP contribution is 2.21. The Morgan fingerprint density at radius 3 is 2.72 bits per heavy atom. The summed E-state index contributed by atoms with van der Waals surface area (Å²) < 4.78 is 17.9. The molecule has 3 aromatic rings. The molecule has 18 heavy (non-hydrogen) atoms. The van der Waals surface area contributed by atoms with Crippen LogP contribution in [-0.2, 0) is 6.42 Å². The molecule has 1 aromatic carbocycles. The third-order valence-electron chi connectivity index (χ3n) is 2.48. The van der Waals surface area contributed by atoms with E-state index in [1.807, 2.05) is 17.5 Å². The van der Waals surface area contributed by atoms with E-state index in [4.69, 9.17) is 4.52 Å².